The molecule has 0 bridgehead atoms. The highest BCUT2D eigenvalue weighted by atomic mass is 35.5. The standard InChI is InChI=1S/C11H11Cl2FN2O3S/c12-7-1-2-8(10(13)11(7)14)20(18,19)16-5-3-9(17)15-4-6-16/h1-2H,3-6H2,(H,15,17). The number of amides is 1. The van der Waals surface area contributed by atoms with E-state index in [0.717, 1.165) is 16.4 Å². The van der Waals surface area contributed by atoms with Crippen LogP contribution in [0.1, 0.15) is 6.42 Å². The molecule has 1 heterocycles. The van der Waals surface area contributed by atoms with Crippen molar-refractivity contribution in [3.05, 3.63) is 28.0 Å². The van der Waals surface area contributed by atoms with Crippen molar-refractivity contribution in [1.82, 2.24) is 9.62 Å². The van der Waals surface area contributed by atoms with Crippen molar-refractivity contribution in [3.63, 3.8) is 0 Å². The predicted octanol–water partition coefficient (Wildman–Crippen LogP) is 1.64. The van der Waals surface area contributed by atoms with Gasteiger partial charge in [-0.05, 0) is 12.1 Å². The molecule has 1 aromatic rings. The molecule has 1 aliphatic rings. The van der Waals surface area contributed by atoms with E-state index in [-0.39, 0.29) is 41.9 Å². The number of carbonyl (C=O) groups excluding carboxylic acids is 1. The van der Waals surface area contributed by atoms with Crippen LogP contribution in [0.25, 0.3) is 0 Å². The normalized spacial score (nSPS) is 17.6. The zero-order chi connectivity index (χ0) is 14.9. The Morgan fingerprint density at radius 3 is 2.65 bits per heavy atom. The number of sulfonamides is 1. The Kier molecular flexibility index (Phi) is 4.53. The van der Waals surface area contributed by atoms with E-state index >= 15 is 0 Å². The molecule has 1 aromatic carbocycles. The molecule has 1 saturated heterocycles. The van der Waals surface area contributed by atoms with Crippen molar-refractivity contribution in [2.45, 2.75) is 11.3 Å². The van der Waals surface area contributed by atoms with Crippen LogP contribution in [0.2, 0.25) is 10.0 Å². The fraction of sp³-hybridized carbons (Fsp3) is 0.364. The summed E-state index contributed by atoms with van der Waals surface area (Å²) in [7, 11) is -3.97. The molecule has 20 heavy (non-hydrogen) atoms. The number of nitrogens with one attached hydrogen (secondary N) is 1. The largest absolute Gasteiger partial charge is 0.355 e. The summed E-state index contributed by atoms with van der Waals surface area (Å²) in [6, 6.07) is 2.29. The van der Waals surface area contributed by atoms with Crippen molar-refractivity contribution in [1.29, 1.82) is 0 Å². The lowest BCUT2D eigenvalue weighted by molar-refractivity contribution is -0.120. The Morgan fingerprint density at radius 1 is 1.25 bits per heavy atom. The summed E-state index contributed by atoms with van der Waals surface area (Å²) in [6.45, 7) is 0.329. The van der Waals surface area contributed by atoms with Crippen LogP contribution in [0.5, 0.6) is 0 Å². The van der Waals surface area contributed by atoms with Gasteiger partial charge in [0.25, 0.3) is 0 Å². The van der Waals surface area contributed by atoms with E-state index in [9.17, 15) is 17.6 Å². The second-order valence-corrected chi connectivity index (χ2v) is 6.87. The van der Waals surface area contributed by atoms with E-state index in [0.29, 0.717) is 0 Å². The average molecular weight is 341 g/mol. The Hall–Kier alpha value is -0.890. The first-order valence-electron chi connectivity index (χ1n) is 5.74. The van der Waals surface area contributed by atoms with Gasteiger partial charge in [-0.25, -0.2) is 12.8 Å². The highest BCUT2D eigenvalue weighted by molar-refractivity contribution is 7.89. The van der Waals surface area contributed by atoms with Crippen LogP contribution in [0.3, 0.4) is 0 Å². The number of nitrogens with zero attached hydrogens (tertiary/aromatic N) is 1. The van der Waals surface area contributed by atoms with Gasteiger partial charge in [-0.1, -0.05) is 23.2 Å². The minimum atomic E-state index is -3.97. The third-order valence-electron chi connectivity index (χ3n) is 2.89. The number of hydrogen-bond donors (Lipinski definition) is 1. The van der Waals surface area contributed by atoms with Crippen LogP contribution < -0.4 is 5.32 Å². The lowest BCUT2D eigenvalue weighted by Gasteiger charge is -2.20. The predicted molar refractivity (Wildman–Crippen MR) is 72.8 cm³/mol. The van der Waals surface area contributed by atoms with Gasteiger partial charge in [-0.2, -0.15) is 4.31 Å². The zero-order valence-electron chi connectivity index (χ0n) is 10.2. The molecule has 0 atom stereocenters. The monoisotopic (exact) mass is 340 g/mol. The maximum atomic E-state index is 13.6. The molecule has 1 amide bonds. The maximum Gasteiger partial charge on any atom is 0.244 e. The minimum Gasteiger partial charge on any atom is -0.355 e. The van der Waals surface area contributed by atoms with Gasteiger partial charge in [0.15, 0.2) is 5.82 Å². The van der Waals surface area contributed by atoms with Crippen molar-refractivity contribution >= 4 is 39.1 Å². The number of rotatable bonds is 2. The van der Waals surface area contributed by atoms with Crippen LogP contribution in [-0.2, 0) is 14.8 Å². The van der Waals surface area contributed by atoms with E-state index in [2.05, 4.69) is 5.32 Å². The van der Waals surface area contributed by atoms with Gasteiger partial charge in [0.2, 0.25) is 15.9 Å². The quantitative estimate of drug-likeness (QED) is 0.832. The molecule has 9 heteroatoms. The van der Waals surface area contributed by atoms with Gasteiger partial charge < -0.3 is 5.32 Å². The second-order valence-electron chi connectivity index (χ2n) is 4.18. The zero-order valence-corrected chi connectivity index (χ0v) is 12.5. The molecular weight excluding hydrogens is 330 g/mol. The van der Waals surface area contributed by atoms with E-state index < -0.39 is 20.9 Å². The lowest BCUT2D eigenvalue weighted by atomic mass is 10.3. The smallest absolute Gasteiger partial charge is 0.244 e. The molecular formula is C11H11Cl2FN2O3S. The van der Waals surface area contributed by atoms with Crippen molar-refractivity contribution in [3.8, 4) is 0 Å². The summed E-state index contributed by atoms with van der Waals surface area (Å²) in [5.41, 5.74) is 0. The number of halogens is 3. The van der Waals surface area contributed by atoms with E-state index in [1.165, 1.54) is 0 Å². The summed E-state index contributed by atoms with van der Waals surface area (Å²) in [6.07, 6.45) is 0.0485. The fourth-order valence-corrected chi connectivity index (χ4v) is 3.99. The van der Waals surface area contributed by atoms with E-state index in [1.54, 1.807) is 0 Å². The topological polar surface area (TPSA) is 66.5 Å². The van der Waals surface area contributed by atoms with Crippen molar-refractivity contribution < 1.29 is 17.6 Å². The summed E-state index contributed by atoms with van der Waals surface area (Å²) < 4.78 is 39.6. The van der Waals surface area contributed by atoms with Crippen LogP contribution in [0.15, 0.2) is 17.0 Å². The van der Waals surface area contributed by atoms with Crippen LogP contribution in [0.4, 0.5) is 4.39 Å². The van der Waals surface area contributed by atoms with Gasteiger partial charge in [0.05, 0.1) is 10.0 Å². The second kappa shape index (κ2) is 5.85. The Morgan fingerprint density at radius 2 is 1.95 bits per heavy atom. The average Bonchev–Trinajstić information content (AvgIpc) is 2.61. The Bertz CT molecular complexity index is 651. The first-order chi connectivity index (χ1) is 9.34. The lowest BCUT2D eigenvalue weighted by Crippen LogP contribution is -2.34. The van der Waals surface area contributed by atoms with Gasteiger partial charge in [0.1, 0.15) is 4.90 Å². The molecule has 5 nitrogen and oxygen atoms in total. The van der Waals surface area contributed by atoms with E-state index in [1.807, 2.05) is 0 Å². The summed E-state index contributed by atoms with van der Waals surface area (Å²) in [4.78, 5) is 10.9. The first kappa shape index (κ1) is 15.5. The molecule has 1 N–H and O–H groups in total. The van der Waals surface area contributed by atoms with Crippen molar-refractivity contribution in [2.75, 3.05) is 19.6 Å². The third kappa shape index (κ3) is 2.90. The van der Waals surface area contributed by atoms with Crippen LogP contribution >= 0.6 is 23.2 Å². The van der Waals surface area contributed by atoms with Gasteiger partial charge >= 0.3 is 0 Å². The molecule has 0 unspecified atom stereocenters. The maximum absolute atomic E-state index is 13.6. The molecule has 1 fully saturated rings. The van der Waals surface area contributed by atoms with Crippen LogP contribution in [0, 0.1) is 5.82 Å². The number of carbonyl (C=O) groups is 1. The van der Waals surface area contributed by atoms with Gasteiger partial charge in [-0.3, -0.25) is 4.79 Å². The summed E-state index contributed by atoms with van der Waals surface area (Å²) >= 11 is 11.3. The highest BCUT2D eigenvalue weighted by Crippen LogP contribution is 2.31. The SMILES string of the molecule is O=C1CCN(S(=O)(=O)c2ccc(Cl)c(F)c2Cl)CCN1. The summed E-state index contributed by atoms with van der Waals surface area (Å²) in [5, 5.41) is 1.77. The Labute approximate surface area is 125 Å². The van der Waals surface area contributed by atoms with Gasteiger partial charge in [0, 0.05) is 26.1 Å². The third-order valence-corrected chi connectivity index (χ3v) is 5.60. The molecule has 0 spiro atoms. The van der Waals surface area contributed by atoms with Gasteiger partial charge in [-0.15, -0.1) is 0 Å². The molecule has 0 saturated carbocycles. The fourth-order valence-electron chi connectivity index (χ4n) is 1.83. The molecule has 2 rings (SSSR count). The Balaban J connectivity index is 2.40. The molecule has 0 radical (unpaired) electrons. The highest BCUT2D eigenvalue weighted by Gasteiger charge is 2.30. The number of hydrogen-bond acceptors (Lipinski definition) is 3. The molecule has 1 aliphatic heterocycles. The first-order valence-corrected chi connectivity index (χ1v) is 7.94. The molecule has 0 aromatic heterocycles. The van der Waals surface area contributed by atoms with Crippen LogP contribution in [-0.4, -0.2) is 38.3 Å². The van der Waals surface area contributed by atoms with E-state index in [4.69, 9.17) is 23.2 Å². The minimum absolute atomic E-state index is 0.0226. The van der Waals surface area contributed by atoms with Crippen molar-refractivity contribution in [2.24, 2.45) is 0 Å². The number of benzene rings is 1. The summed E-state index contributed by atoms with van der Waals surface area (Å²) in [5.74, 6) is -1.20. The molecule has 110 valence electrons. The molecule has 0 aliphatic carbocycles.